The Morgan fingerprint density at radius 2 is 1.64 bits per heavy atom. The first-order valence-corrected chi connectivity index (χ1v) is 15.2. The Balaban J connectivity index is 1.56. The topological polar surface area (TPSA) is 197 Å². The van der Waals surface area contributed by atoms with Crippen LogP contribution in [0.5, 0.6) is 0 Å². The van der Waals surface area contributed by atoms with E-state index in [-0.39, 0.29) is 11.2 Å². The van der Waals surface area contributed by atoms with Gasteiger partial charge < -0.3 is 30.1 Å². The Hall–Kier alpha value is -3.23. The molecule has 0 spiro atoms. The SMILES string of the molecule is CS(=O)(=O)C(c1ccccc1)([C@H]1O[C@@H](n2cnc3c(NCc4ccccc4)ncnc32)C(O)[C@@H]1O)P(=O)(O)O. The van der Waals surface area contributed by atoms with Crippen LogP contribution in [0.3, 0.4) is 0 Å². The second kappa shape index (κ2) is 10.1. The normalized spacial score (nSPS) is 23.5. The molecule has 0 saturated carbocycles. The second-order valence-electron chi connectivity index (χ2n) is 9.19. The quantitative estimate of drug-likeness (QED) is 0.188. The largest absolute Gasteiger partial charge is 0.387 e. The molecule has 4 aromatic rings. The molecular weight excluding hydrogens is 549 g/mol. The molecule has 0 bridgehead atoms. The molecule has 2 unspecified atom stereocenters. The fourth-order valence-corrected chi connectivity index (χ4v) is 8.92. The molecule has 2 aromatic heterocycles. The number of sulfone groups is 1. The fraction of sp³-hybridized carbons (Fsp3) is 0.292. The molecule has 1 saturated heterocycles. The Morgan fingerprint density at radius 3 is 2.26 bits per heavy atom. The third-order valence-corrected chi connectivity index (χ3v) is 11.4. The van der Waals surface area contributed by atoms with E-state index in [1.165, 1.54) is 41.5 Å². The number of aromatic nitrogens is 4. The third-order valence-electron chi connectivity index (χ3n) is 6.75. The summed E-state index contributed by atoms with van der Waals surface area (Å²) in [5.41, 5.74) is 1.18. The summed E-state index contributed by atoms with van der Waals surface area (Å²) in [5, 5.41) is 25.2. The first-order chi connectivity index (χ1) is 18.5. The van der Waals surface area contributed by atoms with E-state index in [9.17, 15) is 33.0 Å². The number of imidazole rings is 1. The van der Waals surface area contributed by atoms with Crippen LogP contribution in [0.2, 0.25) is 0 Å². The monoisotopic (exact) mass is 575 g/mol. The Morgan fingerprint density at radius 1 is 1.00 bits per heavy atom. The zero-order valence-electron chi connectivity index (χ0n) is 20.5. The highest BCUT2D eigenvalue weighted by molar-refractivity contribution is 7.98. The molecule has 5 N–H and O–H groups in total. The lowest BCUT2D eigenvalue weighted by atomic mass is 10.0. The summed E-state index contributed by atoms with van der Waals surface area (Å²) in [4.78, 5) is 33.7. The van der Waals surface area contributed by atoms with E-state index < -0.39 is 46.5 Å². The van der Waals surface area contributed by atoms with Gasteiger partial charge in [0.25, 0.3) is 0 Å². The van der Waals surface area contributed by atoms with Crippen LogP contribution in [0.25, 0.3) is 11.2 Å². The zero-order valence-corrected chi connectivity index (χ0v) is 22.2. The highest BCUT2D eigenvalue weighted by Gasteiger charge is 2.68. The van der Waals surface area contributed by atoms with Crippen molar-refractivity contribution in [2.75, 3.05) is 11.6 Å². The fourth-order valence-electron chi connectivity index (χ4n) is 4.98. The lowest BCUT2D eigenvalue weighted by Crippen LogP contribution is -2.51. The maximum Gasteiger partial charge on any atom is 0.353 e. The maximum atomic E-state index is 13.2. The molecule has 1 fully saturated rings. The molecule has 39 heavy (non-hydrogen) atoms. The van der Waals surface area contributed by atoms with Gasteiger partial charge in [-0.05, 0) is 11.1 Å². The van der Waals surface area contributed by atoms with E-state index in [1.54, 1.807) is 6.07 Å². The van der Waals surface area contributed by atoms with Crippen LogP contribution in [-0.4, -0.2) is 72.5 Å². The van der Waals surface area contributed by atoms with Gasteiger partial charge in [-0.15, -0.1) is 0 Å². The predicted octanol–water partition coefficient (Wildman–Crippen LogP) is 1.13. The van der Waals surface area contributed by atoms with E-state index in [0.29, 0.717) is 24.1 Å². The first kappa shape index (κ1) is 27.3. The average Bonchev–Trinajstić information content (AvgIpc) is 3.44. The predicted molar refractivity (Wildman–Crippen MR) is 140 cm³/mol. The number of aliphatic hydroxyl groups excluding tert-OH is 2. The molecule has 5 rings (SSSR count). The van der Waals surface area contributed by atoms with Crippen LogP contribution in [0.15, 0.2) is 73.3 Å². The summed E-state index contributed by atoms with van der Waals surface area (Å²) in [7, 11) is -10.3. The summed E-state index contributed by atoms with van der Waals surface area (Å²) in [6, 6.07) is 16.3. The van der Waals surface area contributed by atoms with E-state index in [1.807, 2.05) is 30.3 Å². The number of rotatable bonds is 8. The van der Waals surface area contributed by atoms with E-state index >= 15 is 0 Å². The standard InChI is InChI=1S/C24H26N5O8PS/c1-39(35,36)24(38(32,33)34,16-10-6-3-7-11-16)20-18(30)19(31)23(37-20)29-14-28-17-21(26-13-27-22(17)29)25-12-15-8-4-2-5-9-15/h2-11,13-14,18-20,23,30-31H,12H2,1H3,(H,25,26,27)(H2,32,33,34)/t18-,19?,20-,23+,24?/m0/s1. The Labute approximate surface area is 223 Å². The molecule has 5 atom stereocenters. The third kappa shape index (κ3) is 4.53. The second-order valence-corrected chi connectivity index (χ2v) is 13.5. The number of hydrogen-bond acceptors (Lipinski definition) is 10. The van der Waals surface area contributed by atoms with Crippen LogP contribution in [0, 0.1) is 0 Å². The van der Waals surface area contributed by atoms with Gasteiger partial charge in [0.2, 0.25) is 4.49 Å². The molecule has 0 aliphatic carbocycles. The smallest absolute Gasteiger partial charge is 0.353 e. The molecular formula is C24H26N5O8PS. The number of nitrogens with zero attached hydrogens (tertiary/aromatic N) is 4. The molecule has 2 aromatic carbocycles. The Bertz CT molecular complexity index is 1630. The first-order valence-electron chi connectivity index (χ1n) is 11.7. The van der Waals surface area contributed by atoms with Gasteiger partial charge in [-0.1, -0.05) is 60.7 Å². The highest BCUT2D eigenvalue weighted by Crippen LogP contribution is 2.64. The van der Waals surface area contributed by atoms with Crippen molar-refractivity contribution >= 4 is 34.4 Å². The zero-order chi connectivity index (χ0) is 28.0. The van der Waals surface area contributed by atoms with Gasteiger partial charge in [-0.2, -0.15) is 0 Å². The van der Waals surface area contributed by atoms with Crippen LogP contribution >= 0.6 is 7.60 Å². The van der Waals surface area contributed by atoms with Gasteiger partial charge in [0.05, 0.1) is 6.33 Å². The van der Waals surface area contributed by atoms with Crippen LogP contribution in [0.4, 0.5) is 5.82 Å². The Kier molecular flexibility index (Phi) is 7.06. The minimum atomic E-state index is -5.61. The number of anilines is 1. The van der Waals surface area contributed by atoms with Crippen LogP contribution in [0.1, 0.15) is 17.4 Å². The summed E-state index contributed by atoms with van der Waals surface area (Å²) >= 11 is 0. The van der Waals surface area contributed by atoms with E-state index in [4.69, 9.17) is 4.74 Å². The van der Waals surface area contributed by atoms with Crippen molar-refractivity contribution in [2.45, 2.75) is 35.6 Å². The average molecular weight is 576 g/mol. The number of benzene rings is 2. The van der Waals surface area contributed by atoms with Gasteiger partial charge in [-0.3, -0.25) is 9.13 Å². The number of aliphatic hydroxyl groups is 2. The summed E-state index contributed by atoms with van der Waals surface area (Å²) < 4.78 is 43.4. The van der Waals surface area contributed by atoms with Crippen LogP contribution < -0.4 is 5.32 Å². The van der Waals surface area contributed by atoms with Crippen molar-refractivity contribution in [3.63, 3.8) is 0 Å². The number of ether oxygens (including phenoxy) is 1. The van der Waals surface area contributed by atoms with Crippen molar-refractivity contribution in [2.24, 2.45) is 0 Å². The summed E-state index contributed by atoms with van der Waals surface area (Å²) in [6.45, 7) is 0.430. The maximum absolute atomic E-state index is 13.2. The van der Waals surface area contributed by atoms with Gasteiger partial charge in [0.15, 0.2) is 33.0 Å². The molecule has 206 valence electrons. The molecule has 0 amide bonds. The van der Waals surface area contributed by atoms with Crippen molar-refractivity contribution in [3.05, 3.63) is 84.4 Å². The van der Waals surface area contributed by atoms with Crippen molar-refractivity contribution in [1.29, 1.82) is 0 Å². The molecule has 1 aliphatic heterocycles. The van der Waals surface area contributed by atoms with Gasteiger partial charge in [-0.25, -0.2) is 23.4 Å². The number of fused-ring (bicyclic) bond motifs is 1. The van der Waals surface area contributed by atoms with E-state index in [0.717, 1.165) is 5.56 Å². The molecule has 15 heteroatoms. The van der Waals surface area contributed by atoms with Crippen molar-refractivity contribution in [3.8, 4) is 0 Å². The molecule has 3 heterocycles. The van der Waals surface area contributed by atoms with Gasteiger partial charge in [0, 0.05) is 12.8 Å². The van der Waals surface area contributed by atoms with Crippen molar-refractivity contribution < 1.29 is 37.7 Å². The van der Waals surface area contributed by atoms with Crippen molar-refractivity contribution in [1.82, 2.24) is 19.5 Å². The number of hydrogen-bond donors (Lipinski definition) is 5. The van der Waals surface area contributed by atoms with Gasteiger partial charge in [0.1, 0.15) is 24.6 Å². The minimum Gasteiger partial charge on any atom is -0.387 e. The number of nitrogens with one attached hydrogen (secondary N) is 1. The van der Waals surface area contributed by atoms with Gasteiger partial charge >= 0.3 is 7.60 Å². The summed E-state index contributed by atoms with van der Waals surface area (Å²) in [5.74, 6) is 0.372. The molecule has 1 aliphatic rings. The molecule has 13 nitrogen and oxygen atoms in total. The minimum absolute atomic E-state index is 0.179. The van der Waals surface area contributed by atoms with E-state index in [2.05, 4.69) is 20.3 Å². The lowest BCUT2D eigenvalue weighted by molar-refractivity contribution is -0.0422. The lowest BCUT2D eigenvalue weighted by Gasteiger charge is -2.38. The molecule has 0 radical (unpaired) electrons. The highest BCUT2D eigenvalue weighted by atomic mass is 32.2. The van der Waals surface area contributed by atoms with Crippen LogP contribution in [-0.2, 0) is 30.2 Å². The summed E-state index contributed by atoms with van der Waals surface area (Å²) in [6.07, 6.45) is -4.16.